The summed E-state index contributed by atoms with van der Waals surface area (Å²) in [7, 11) is 3.05. The molecule has 2 aromatic carbocycles. The van der Waals surface area contributed by atoms with E-state index in [1.165, 1.54) is 18.0 Å². The molecule has 0 atom stereocenters. The molecule has 0 radical (unpaired) electrons. The molecule has 0 saturated heterocycles. The van der Waals surface area contributed by atoms with Gasteiger partial charge in [0.15, 0.2) is 6.61 Å². The summed E-state index contributed by atoms with van der Waals surface area (Å²) < 4.78 is 10.0. The van der Waals surface area contributed by atoms with Crippen LogP contribution in [0.4, 0.5) is 5.69 Å². The van der Waals surface area contributed by atoms with Crippen molar-refractivity contribution in [2.45, 2.75) is 13.3 Å². The molecule has 0 saturated carbocycles. The van der Waals surface area contributed by atoms with Crippen LogP contribution in [0.5, 0.6) is 5.75 Å². The zero-order valence-corrected chi connectivity index (χ0v) is 17.4. The van der Waals surface area contributed by atoms with Gasteiger partial charge in [0.25, 0.3) is 5.91 Å². The summed E-state index contributed by atoms with van der Waals surface area (Å²) in [6.45, 7) is 1.41. The first-order valence-electron chi connectivity index (χ1n) is 9.53. The number of amides is 2. The highest BCUT2D eigenvalue weighted by Crippen LogP contribution is 2.15. The molecule has 0 aliphatic carbocycles. The fraction of sp³-hybridized carbons (Fsp3) is 0.261. The van der Waals surface area contributed by atoms with Crippen molar-refractivity contribution in [2.24, 2.45) is 0 Å². The highest BCUT2D eigenvalue weighted by molar-refractivity contribution is 5.95. The third kappa shape index (κ3) is 7.09. The monoisotopic (exact) mass is 410 g/mol. The second kappa shape index (κ2) is 11.4. The van der Waals surface area contributed by atoms with Crippen LogP contribution in [0.3, 0.4) is 0 Å². The van der Waals surface area contributed by atoms with E-state index >= 15 is 0 Å². The molecule has 0 unspecified atom stereocenters. The van der Waals surface area contributed by atoms with Crippen molar-refractivity contribution in [1.82, 2.24) is 4.90 Å². The second-order valence-corrected chi connectivity index (χ2v) is 6.52. The van der Waals surface area contributed by atoms with E-state index in [1.807, 2.05) is 31.2 Å². The maximum absolute atomic E-state index is 12.2. The predicted molar refractivity (Wildman–Crippen MR) is 115 cm³/mol. The van der Waals surface area contributed by atoms with Crippen molar-refractivity contribution in [1.29, 1.82) is 0 Å². The number of methoxy groups -OCH3 is 1. The third-order valence-electron chi connectivity index (χ3n) is 4.34. The Balaban J connectivity index is 1.78. The quantitative estimate of drug-likeness (QED) is 0.508. The van der Waals surface area contributed by atoms with Gasteiger partial charge in [-0.05, 0) is 41.8 Å². The lowest BCUT2D eigenvalue weighted by Crippen LogP contribution is -2.37. The molecule has 1 N–H and O–H groups in total. The molecule has 0 aliphatic rings. The number of hydrogen-bond acceptors (Lipinski definition) is 5. The van der Waals surface area contributed by atoms with Crippen molar-refractivity contribution < 1.29 is 23.9 Å². The van der Waals surface area contributed by atoms with Gasteiger partial charge in [-0.15, -0.1) is 0 Å². The number of benzene rings is 2. The number of nitrogens with zero attached hydrogens (tertiary/aromatic N) is 1. The summed E-state index contributed by atoms with van der Waals surface area (Å²) in [4.78, 5) is 37.4. The van der Waals surface area contributed by atoms with Gasteiger partial charge in [0.05, 0.1) is 13.7 Å². The molecule has 2 rings (SSSR count). The number of esters is 1. The van der Waals surface area contributed by atoms with Crippen LogP contribution in [0.25, 0.3) is 6.08 Å². The van der Waals surface area contributed by atoms with Gasteiger partial charge in [0.1, 0.15) is 5.75 Å². The van der Waals surface area contributed by atoms with E-state index in [4.69, 9.17) is 9.47 Å². The average molecular weight is 410 g/mol. The predicted octanol–water partition coefficient (Wildman–Crippen LogP) is 2.91. The normalized spacial score (nSPS) is 10.5. The van der Waals surface area contributed by atoms with Gasteiger partial charge in [0.2, 0.25) is 5.91 Å². The lowest BCUT2D eigenvalue weighted by atomic mass is 10.1. The number of ether oxygens (including phenoxy) is 2. The molecule has 2 aromatic rings. The van der Waals surface area contributed by atoms with Gasteiger partial charge in [-0.2, -0.15) is 0 Å². The van der Waals surface area contributed by atoms with Crippen molar-refractivity contribution >= 4 is 29.5 Å². The number of carbonyl (C=O) groups is 3. The van der Waals surface area contributed by atoms with Crippen LogP contribution in [0.2, 0.25) is 0 Å². The second-order valence-electron chi connectivity index (χ2n) is 6.52. The molecule has 30 heavy (non-hydrogen) atoms. The lowest BCUT2D eigenvalue weighted by Gasteiger charge is -2.17. The first-order chi connectivity index (χ1) is 14.4. The van der Waals surface area contributed by atoms with Crippen LogP contribution < -0.4 is 10.1 Å². The number of hydrogen-bond donors (Lipinski definition) is 1. The van der Waals surface area contributed by atoms with Gasteiger partial charge in [0, 0.05) is 18.8 Å². The van der Waals surface area contributed by atoms with Gasteiger partial charge >= 0.3 is 5.97 Å². The first-order valence-corrected chi connectivity index (χ1v) is 9.53. The van der Waals surface area contributed by atoms with Crippen LogP contribution >= 0.6 is 0 Å². The molecule has 158 valence electrons. The van der Waals surface area contributed by atoms with E-state index < -0.39 is 18.5 Å². The van der Waals surface area contributed by atoms with Crippen LogP contribution in [0, 0.1) is 0 Å². The van der Waals surface area contributed by atoms with Crippen LogP contribution in [0.15, 0.2) is 54.6 Å². The molecule has 2 amide bonds. The lowest BCUT2D eigenvalue weighted by molar-refractivity contribution is -0.148. The third-order valence-corrected chi connectivity index (χ3v) is 4.34. The zero-order chi connectivity index (χ0) is 21.9. The Labute approximate surface area is 176 Å². The maximum Gasteiger partial charge on any atom is 0.331 e. The van der Waals surface area contributed by atoms with E-state index in [0.717, 1.165) is 23.2 Å². The minimum Gasteiger partial charge on any atom is -0.497 e. The standard InChI is InChI=1S/C23H26N2O5/c1-4-18-7-5-6-8-20(18)24-21(26)15-25(2)22(27)16-30-23(28)14-11-17-9-12-19(29-3)13-10-17/h5-14H,4,15-16H2,1-3H3,(H,24,26)/b14-11+. The van der Waals surface area contributed by atoms with Gasteiger partial charge < -0.3 is 19.7 Å². The van der Waals surface area contributed by atoms with E-state index in [9.17, 15) is 14.4 Å². The molecule has 0 spiro atoms. The van der Waals surface area contributed by atoms with Crippen molar-refractivity contribution in [3.63, 3.8) is 0 Å². The minimum atomic E-state index is -0.645. The van der Waals surface area contributed by atoms with Gasteiger partial charge in [-0.3, -0.25) is 9.59 Å². The van der Waals surface area contributed by atoms with Crippen molar-refractivity contribution in [2.75, 3.05) is 32.6 Å². The highest BCUT2D eigenvalue weighted by Gasteiger charge is 2.15. The summed E-state index contributed by atoms with van der Waals surface area (Å²) >= 11 is 0. The van der Waals surface area contributed by atoms with Crippen molar-refractivity contribution in [3.05, 3.63) is 65.7 Å². The molecule has 0 fully saturated rings. The Bertz CT molecular complexity index is 906. The SMILES string of the molecule is CCc1ccccc1NC(=O)CN(C)C(=O)COC(=O)/C=C/c1ccc(OC)cc1. The van der Waals surface area contributed by atoms with E-state index in [2.05, 4.69) is 5.32 Å². The molecular weight excluding hydrogens is 384 g/mol. The summed E-state index contributed by atoms with van der Waals surface area (Å²) in [5.41, 5.74) is 2.53. The molecule has 0 aromatic heterocycles. The van der Waals surface area contributed by atoms with Gasteiger partial charge in [-0.25, -0.2) is 4.79 Å². The highest BCUT2D eigenvalue weighted by atomic mass is 16.5. The fourth-order valence-electron chi connectivity index (χ4n) is 2.61. The smallest absolute Gasteiger partial charge is 0.331 e. The Morgan fingerprint density at radius 3 is 2.43 bits per heavy atom. The van der Waals surface area contributed by atoms with Crippen LogP contribution in [-0.4, -0.2) is 50.0 Å². The fourth-order valence-corrected chi connectivity index (χ4v) is 2.61. The number of rotatable bonds is 9. The number of aryl methyl sites for hydroxylation is 1. The Kier molecular flexibility index (Phi) is 8.62. The minimum absolute atomic E-state index is 0.143. The molecule has 0 bridgehead atoms. The Morgan fingerprint density at radius 2 is 1.77 bits per heavy atom. The summed E-state index contributed by atoms with van der Waals surface area (Å²) in [5, 5.41) is 2.80. The zero-order valence-electron chi connectivity index (χ0n) is 17.4. The topological polar surface area (TPSA) is 84.9 Å². The van der Waals surface area contributed by atoms with E-state index in [-0.39, 0.29) is 12.5 Å². The molecule has 7 heteroatoms. The van der Waals surface area contributed by atoms with Crippen molar-refractivity contribution in [3.8, 4) is 5.75 Å². The van der Waals surface area contributed by atoms with Gasteiger partial charge in [-0.1, -0.05) is 37.3 Å². The maximum atomic E-state index is 12.2. The number of likely N-dealkylation sites (N-methyl/N-ethyl adjacent to an activating group) is 1. The van der Waals surface area contributed by atoms with Crippen LogP contribution in [-0.2, 0) is 25.5 Å². The average Bonchev–Trinajstić information content (AvgIpc) is 2.76. The number of para-hydroxylation sites is 1. The molecule has 7 nitrogen and oxygen atoms in total. The molecule has 0 heterocycles. The number of anilines is 1. The number of nitrogens with one attached hydrogen (secondary N) is 1. The van der Waals surface area contributed by atoms with E-state index in [0.29, 0.717) is 5.75 Å². The Morgan fingerprint density at radius 1 is 1.07 bits per heavy atom. The largest absolute Gasteiger partial charge is 0.497 e. The van der Waals surface area contributed by atoms with E-state index in [1.54, 1.807) is 37.5 Å². The molecular formula is C23H26N2O5. The summed E-state index contributed by atoms with van der Waals surface area (Å²) in [6, 6.07) is 14.6. The number of carbonyl (C=O) groups excluding carboxylic acids is 3. The summed E-state index contributed by atoms with van der Waals surface area (Å²) in [6.07, 6.45) is 3.60. The van der Waals surface area contributed by atoms with Crippen LogP contribution in [0.1, 0.15) is 18.1 Å². The first kappa shape index (κ1) is 22.7. The Hall–Kier alpha value is -3.61. The molecule has 0 aliphatic heterocycles. The summed E-state index contributed by atoms with van der Waals surface area (Å²) in [5.74, 6) is -0.725.